The van der Waals surface area contributed by atoms with E-state index in [0.717, 1.165) is 16.9 Å². The zero-order valence-electron chi connectivity index (χ0n) is 15.3. The Morgan fingerprint density at radius 2 is 1.89 bits per heavy atom. The summed E-state index contributed by atoms with van der Waals surface area (Å²) in [5.74, 6) is 1.33. The van der Waals surface area contributed by atoms with Crippen molar-refractivity contribution >= 4 is 46.6 Å². The van der Waals surface area contributed by atoms with Crippen LogP contribution in [0.1, 0.15) is 17.0 Å². The molecule has 6 nitrogen and oxygen atoms in total. The molecule has 0 unspecified atom stereocenters. The van der Waals surface area contributed by atoms with Crippen LogP contribution in [0.25, 0.3) is 0 Å². The largest absolute Gasteiger partial charge is 0.485 e. The summed E-state index contributed by atoms with van der Waals surface area (Å²) in [5.41, 5.74) is 2.59. The molecule has 0 fully saturated rings. The van der Waals surface area contributed by atoms with Gasteiger partial charge in [-0.15, -0.1) is 5.10 Å². The van der Waals surface area contributed by atoms with Crippen LogP contribution in [0.2, 0.25) is 10.0 Å². The van der Waals surface area contributed by atoms with Gasteiger partial charge < -0.3 is 10.1 Å². The number of ether oxygens (including phenoxy) is 1. The number of H-pyrrole nitrogens is 1. The molecule has 1 amide bonds. The Bertz CT molecular complexity index is 974. The number of hydrogen-bond acceptors (Lipinski definition) is 5. The summed E-state index contributed by atoms with van der Waals surface area (Å²) in [7, 11) is 0. The number of halogens is 2. The Morgan fingerprint density at radius 3 is 2.64 bits per heavy atom. The average molecular weight is 437 g/mol. The van der Waals surface area contributed by atoms with Gasteiger partial charge in [0.1, 0.15) is 12.4 Å². The van der Waals surface area contributed by atoms with E-state index in [0.29, 0.717) is 26.7 Å². The molecule has 0 saturated carbocycles. The first-order valence-electron chi connectivity index (χ1n) is 8.41. The zero-order chi connectivity index (χ0) is 20.1. The normalized spacial score (nSPS) is 10.7. The highest BCUT2D eigenvalue weighted by Gasteiger charge is 2.12. The van der Waals surface area contributed by atoms with Gasteiger partial charge >= 0.3 is 0 Å². The Hall–Kier alpha value is -2.22. The second kappa shape index (κ2) is 9.32. The maximum absolute atomic E-state index is 12.1. The van der Waals surface area contributed by atoms with Crippen molar-refractivity contribution in [2.75, 3.05) is 11.1 Å². The van der Waals surface area contributed by atoms with E-state index in [1.165, 1.54) is 11.8 Å². The molecular weight excluding hydrogens is 419 g/mol. The summed E-state index contributed by atoms with van der Waals surface area (Å²) < 4.78 is 5.85. The third-order valence-electron chi connectivity index (χ3n) is 3.83. The predicted octanol–water partition coefficient (Wildman–Crippen LogP) is 5.04. The van der Waals surface area contributed by atoms with Crippen LogP contribution >= 0.6 is 35.0 Å². The number of carbonyl (C=O) groups excluding carboxylic acids is 1. The van der Waals surface area contributed by atoms with Crippen molar-refractivity contribution in [2.24, 2.45) is 0 Å². The summed E-state index contributed by atoms with van der Waals surface area (Å²) in [4.78, 5) is 16.5. The number of thioether (sulfide) groups is 1. The Balaban J connectivity index is 1.52. The highest BCUT2D eigenvalue weighted by atomic mass is 35.5. The highest BCUT2D eigenvalue weighted by Crippen LogP contribution is 2.29. The predicted molar refractivity (Wildman–Crippen MR) is 112 cm³/mol. The van der Waals surface area contributed by atoms with Gasteiger partial charge in [-0.3, -0.25) is 9.89 Å². The van der Waals surface area contributed by atoms with Crippen molar-refractivity contribution in [1.29, 1.82) is 0 Å². The molecule has 0 bridgehead atoms. The molecule has 0 radical (unpaired) electrons. The maximum Gasteiger partial charge on any atom is 0.234 e. The number of para-hydroxylation sites is 1. The molecule has 0 aliphatic rings. The summed E-state index contributed by atoms with van der Waals surface area (Å²) in [6, 6.07) is 11.0. The molecule has 3 aromatic rings. The molecule has 0 aliphatic carbocycles. The molecule has 0 spiro atoms. The van der Waals surface area contributed by atoms with Crippen molar-refractivity contribution < 1.29 is 9.53 Å². The van der Waals surface area contributed by atoms with Gasteiger partial charge in [-0.2, -0.15) is 0 Å². The van der Waals surface area contributed by atoms with Crippen molar-refractivity contribution in [3.05, 3.63) is 63.4 Å². The van der Waals surface area contributed by atoms with Crippen LogP contribution in [0.5, 0.6) is 5.75 Å². The SMILES string of the molecule is Cc1cccc(C)c1OCc1nc(SCC(=O)Nc2cccc(Cl)c2Cl)n[nH]1. The van der Waals surface area contributed by atoms with E-state index in [1.807, 2.05) is 32.0 Å². The Labute approximate surface area is 177 Å². The molecule has 0 atom stereocenters. The molecule has 1 aromatic heterocycles. The molecule has 146 valence electrons. The number of nitrogens with zero attached hydrogens (tertiary/aromatic N) is 2. The highest BCUT2D eigenvalue weighted by molar-refractivity contribution is 7.99. The third kappa shape index (κ3) is 5.19. The molecular formula is C19H18Cl2N4O2S. The fourth-order valence-electron chi connectivity index (χ4n) is 2.49. The minimum absolute atomic E-state index is 0.137. The van der Waals surface area contributed by atoms with Crippen molar-refractivity contribution in [3.8, 4) is 5.75 Å². The molecule has 3 rings (SSSR count). The summed E-state index contributed by atoms with van der Waals surface area (Å²) >= 11 is 13.2. The number of nitrogens with one attached hydrogen (secondary N) is 2. The maximum atomic E-state index is 12.1. The van der Waals surface area contributed by atoms with E-state index in [2.05, 4.69) is 20.5 Å². The smallest absolute Gasteiger partial charge is 0.234 e. The van der Waals surface area contributed by atoms with E-state index < -0.39 is 0 Å². The molecule has 0 saturated heterocycles. The lowest BCUT2D eigenvalue weighted by Crippen LogP contribution is -2.14. The van der Waals surface area contributed by atoms with Gasteiger partial charge in [-0.05, 0) is 37.1 Å². The fraction of sp³-hybridized carbons (Fsp3) is 0.211. The van der Waals surface area contributed by atoms with Crippen LogP contribution in [0.3, 0.4) is 0 Å². The van der Waals surface area contributed by atoms with Gasteiger partial charge in [0.2, 0.25) is 11.1 Å². The average Bonchev–Trinajstić information content (AvgIpc) is 3.11. The second-order valence-electron chi connectivity index (χ2n) is 6.01. The summed E-state index contributed by atoms with van der Waals surface area (Å²) in [5, 5.41) is 10.8. The van der Waals surface area contributed by atoms with Gasteiger partial charge in [0.25, 0.3) is 0 Å². The van der Waals surface area contributed by atoms with E-state index >= 15 is 0 Å². The number of benzene rings is 2. The summed E-state index contributed by atoms with van der Waals surface area (Å²) in [6.07, 6.45) is 0. The first-order valence-corrected chi connectivity index (χ1v) is 10.1. The minimum Gasteiger partial charge on any atom is -0.485 e. The molecule has 0 aliphatic heterocycles. The summed E-state index contributed by atoms with van der Waals surface area (Å²) in [6.45, 7) is 4.26. The lowest BCUT2D eigenvalue weighted by molar-refractivity contribution is -0.113. The number of carbonyl (C=O) groups is 1. The number of rotatable bonds is 7. The monoisotopic (exact) mass is 436 g/mol. The van der Waals surface area contributed by atoms with Crippen LogP contribution in [0.15, 0.2) is 41.6 Å². The minimum atomic E-state index is -0.229. The molecule has 9 heteroatoms. The van der Waals surface area contributed by atoms with Gasteiger partial charge in [0, 0.05) is 0 Å². The number of aromatic amines is 1. The Kier molecular flexibility index (Phi) is 6.83. The first kappa shape index (κ1) is 20.5. The zero-order valence-corrected chi connectivity index (χ0v) is 17.6. The topological polar surface area (TPSA) is 79.9 Å². The quantitative estimate of drug-likeness (QED) is 0.507. The molecule has 2 N–H and O–H groups in total. The number of aromatic nitrogens is 3. The lowest BCUT2D eigenvalue weighted by atomic mass is 10.1. The van der Waals surface area contributed by atoms with Crippen molar-refractivity contribution in [2.45, 2.75) is 25.6 Å². The van der Waals surface area contributed by atoms with Crippen molar-refractivity contribution in [1.82, 2.24) is 15.2 Å². The van der Waals surface area contributed by atoms with Gasteiger partial charge in [-0.25, -0.2) is 4.98 Å². The third-order valence-corrected chi connectivity index (χ3v) is 5.50. The molecule has 28 heavy (non-hydrogen) atoms. The second-order valence-corrected chi connectivity index (χ2v) is 7.74. The Morgan fingerprint density at radius 1 is 1.18 bits per heavy atom. The van der Waals surface area contributed by atoms with Crippen LogP contribution < -0.4 is 10.1 Å². The van der Waals surface area contributed by atoms with E-state index in [1.54, 1.807) is 18.2 Å². The van der Waals surface area contributed by atoms with Gasteiger partial charge in [-0.1, -0.05) is 59.2 Å². The van der Waals surface area contributed by atoms with E-state index in [9.17, 15) is 4.79 Å². The first-order chi connectivity index (χ1) is 13.4. The van der Waals surface area contributed by atoms with E-state index in [-0.39, 0.29) is 18.3 Å². The fourth-order valence-corrected chi connectivity index (χ4v) is 3.46. The van der Waals surface area contributed by atoms with Crippen LogP contribution in [0.4, 0.5) is 5.69 Å². The number of aryl methyl sites for hydroxylation is 2. The van der Waals surface area contributed by atoms with Gasteiger partial charge in [0.05, 0.1) is 21.5 Å². The lowest BCUT2D eigenvalue weighted by Gasteiger charge is -2.10. The van der Waals surface area contributed by atoms with E-state index in [4.69, 9.17) is 27.9 Å². The molecule has 1 heterocycles. The molecule has 2 aromatic carbocycles. The van der Waals surface area contributed by atoms with Crippen LogP contribution in [0, 0.1) is 13.8 Å². The van der Waals surface area contributed by atoms with Crippen LogP contribution in [-0.2, 0) is 11.4 Å². The van der Waals surface area contributed by atoms with Crippen molar-refractivity contribution in [3.63, 3.8) is 0 Å². The van der Waals surface area contributed by atoms with Gasteiger partial charge in [0.15, 0.2) is 5.82 Å². The number of anilines is 1. The van der Waals surface area contributed by atoms with Crippen LogP contribution in [-0.4, -0.2) is 26.8 Å². The standard InChI is InChI=1S/C19H18Cl2N4O2S/c1-11-5-3-6-12(2)18(11)27-9-15-23-19(25-24-15)28-10-16(26)22-14-8-4-7-13(20)17(14)21/h3-8H,9-10H2,1-2H3,(H,22,26)(H,23,24,25). The number of amides is 1. The number of hydrogen-bond donors (Lipinski definition) is 2.